The number of nitrogens with zero attached hydrogens (tertiary/aromatic N) is 1. The summed E-state index contributed by atoms with van der Waals surface area (Å²) in [4.78, 5) is 12.1. The van der Waals surface area contributed by atoms with E-state index in [2.05, 4.69) is 5.32 Å². The topological polar surface area (TPSA) is 79.6 Å². The molecule has 0 fully saturated rings. The van der Waals surface area contributed by atoms with Gasteiger partial charge in [-0.3, -0.25) is 4.79 Å². The Morgan fingerprint density at radius 2 is 2.04 bits per heavy atom. The Balaban J connectivity index is 1.56. The van der Waals surface area contributed by atoms with Crippen molar-refractivity contribution in [2.45, 2.75) is 17.2 Å². The maximum atomic E-state index is 12.7. The molecule has 1 N–H and O–H groups in total. The molecule has 1 aromatic carbocycles. The molecule has 2 aromatic heterocycles. The van der Waals surface area contributed by atoms with Gasteiger partial charge in [0.25, 0.3) is 15.9 Å². The van der Waals surface area contributed by atoms with Crippen LogP contribution in [0.5, 0.6) is 0 Å². The second-order valence-electron chi connectivity index (χ2n) is 5.94. The minimum Gasteiger partial charge on any atom is -0.459 e. The number of carbonyl (C=O) groups is 1. The van der Waals surface area contributed by atoms with Gasteiger partial charge in [-0.15, -0.1) is 11.3 Å². The van der Waals surface area contributed by atoms with Crippen molar-refractivity contribution in [2.24, 2.45) is 0 Å². The van der Waals surface area contributed by atoms with Crippen LogP contribution < -0.4 is 5.32 Å². The average Bonchev–Trinajstić information content (AvgIpc) is 3.34. The van der Waals surface area contributed by atoms with E-state index in [0.29, 0.717) is 29.4 Å². The third-order valence-corrected chi connectivity index (χ3v) is 7.49. The molecule has 0 spiro atoms. The van der Waals surface area contributed by atoms with E-state index in [4.69, 9.17) is 4.42 Å². The van der Waals surface area contributed by atoms with Gasteiger partial charge in [0.1, 0.15) is 4.21 Å². The highest BCUT2D eigenvalue weighted by Gasteiger charge is 2.29. The Labute approximate surface area is 155 Å². The Bertz CT molecular complexity index is 1030. The molecule has 1 aliphatic heterocycles. The third-order valence-electron chi connectivity index (χ3n) is 4.28. The lowest BCUT2D eigenvalue weighted by atomic mass is 10.0. The zero-order valence-electron chi connectivity index (χ0n) is 13.7. The predicted molar refractivity (Wildman–Crippen MR) is 98.7 cm³/mol. The van der Waals surface area contributed by atoms with Gasteiger partial charge in [-0.05, 0) is 53.3 Å². The van der Waals surface area contributed by atoms with Gasteiger partial charge >= 0.3 is 0 Å². The summed E-state index contributed by atoms with van der Waals surface area (Å²) in [5.74, 6) is -0.113. The van der Waals surface area contributed by atoms with Crippen LogP contribution in [0.2, 0.25) is 0 Å². The van der Waals surface area contributed by atoms with E-state index in [1.807, 2.05) is 18.2 Å². The summed E-state index contributed by atoms with van der Waals surface area (Å²) in [5, 5.41) is 4.53. The van der Waals surface area contributed by atoms with Crippen molar-refractivity contribution >= 4 is 33.0 Å². The minimum absolute atomic E-state index is 0.227. The molecule has 3 aromatic rings. The van der Waals surface area contributed by atoms with Crippen LogP contribution in [-0.4, -0.2) is 25.2 Å². The first-order chi connectivity index (χ1) is 12.5. The molecule has 4 rings (SSSR count). The summed E-state index contributed by atoms with van der Waals surface area (Å²) in [6, 6.07) is 12.2. The molecule has 0 unspecified atom stereocenters. The van der Waals surface area contributed by atoms with E-state index in [1.54, 1.807) is 29.6 Å². The molecule has 8 heteroatoms. The standard InChI is InChI=1S/C18H16N2O4S2/c21-18(16-3-1-9-24-16)19-15-6-5-13-7-8-20(12-14(13)11-15)26(22,23)17-4-2-10-25-17/h1-6,9-11H,7-8,12H2,(H,19,21). The molecule has 1 amide bonds. The fourth-order valence-electron chi connectivity index (χ4n) is 2.95. The van der Waals surface area contributed by atoms with Gasteiger partial charge in [-0.2, -0.15) is 4.31 Å². The molecule has 134 valence electrons. The molecule has 3 heterocycles. The predicted octanol–water partition coefficient (Wildman–Crippen LogP) is 3.34. The zero-order chi connectivity index (χ0) is 18.1. The van der Waals surface area contributed by atoms with Crippen molar-refractivity contribution in [3.05, 3.63) is 71.0 Å². The highest BCUT2D eigenvalue weighted by Crippen LogP contribution is 2.28. The number of sulfonamides is 1. The Morgan fingerprint density at radius 1 is 1.15 bits per heavy atom. The second kappa shape index (κ2) is 6.71. The van der Waals surface area contributed by atoms with Crippen molar-refractivity contribution in [1.82, 2.24) is 4.31 Å². The number of anilines is 1. The van der Waals surface area contributed by atoms with E-state index < -0.39 is 10.0 Å². The van der Waals surface area contributed by atoms with E-state index in [1.165, 1.54) is 21.9 Å². The second-order valence-corrected chi connectivity index (χ2v) is 9.05. The fourth-order valence-corrected chi connectivity index (χ4v) is 5.52. The van der Waals surface area contributed by atoms with Gasteiger partial charge in [0.2, 0.25) is 0 Å². The summed E-state index contributed by atoms with van der Waals surface area (Å²) < 4.78 is 32.4. The van der Waals surface area contributed by atoms with Gasteiger partial charge in [-0.25, -0.2) is 8.42 Å². The molecule has 0 saturated carbocycles. The number of benzene rings is 1. The monoisotopic (exact) mass is 388 g/mol. The largest absolute Gasteiger partial charge is 0.459 e. The van der Waals surface area contributed by atoms with E-state index in [9.17, 15) is 13.2 Å². The van der Waals surface area contributed by atoms with Gasteiger partial charge < -0.3 is 9.73 Å². The molecule has 0 bridgehead atoms. The Hall–Kier alpha value is -2.42. The third kappa shape index (κ3) is 3.18. The number of amides is 1. The minimum atomic E-state index is -3.48. The van der Waals surface area contributed by atoms with Gasteiger partial charge in [0.05, 0.1) is 6.26 Å². The average molecular weight is 388 g/mol. The molecule has 1 aliphatic rings. The van der Waals surface area contributed by atoms with Crippen molar-refractivity contribution < 1.29 is 17.6 Å². The first kappa shape index (κ1) is 17.0. The molecular formula is C18H16N2O4S2. The molecular weight excluding hydrogens is 372 g/mol. The Morgan fingerprint density at radius 3 is 2.77 bits per heavy atom. The van der Waals surface area contributed by atoms with Crippen LogP contribution in [0.1, 0.15) is 21.7 Å². The summed E-state index contributed by atoms with van der Waals surface area (Å²) in [6.07, 6.45) is 2.08. The first-order valence-electron chi connectivity index (χ1n) is 8.04. The smallest absolute Gasteiger partial charge is 0.291 e. The summed E-state index contributed by atoms with van der Waals surface area (Å²) in [7, 11) is -3.48. The maximum Gasteiger partial charge on any atom is 0.291 e. The number of carbonyl (C=O) groups excluding carboxylic acids is 1. The first-order valence-corrected chi connectivity index (χ1v) is 10.4. The van der Waals surface area contributed by atoms with Crippen LogP contribution in [-0.2, 0) is 23.0 Å². The fraction of sp³-hybridized carbons (Fsp3) is 0.167. The number of thiophene rings is 1. The van der Waals surface area contributed by atoms with Crippen LogP contribution in [0, 0.1) is 0 Å². The molecule has 0 radical (unpaired) electrons. The SMILES string of the molecule is O=C(Nc1ccc2c(c1)CN(S(=O)(=O)c1cccs1)CC2)c1ccco1. The van der Waals surface area contributed by atoms with E-state index in [-0.39, 0.29) is 11.7 Å². The van der Waals surface area contributed by atoms with Crippen LogP contribution in [0.3, 0.4) is 0 Å². The summed E-state index contributed by atoms with van der Waals surface area (Å²) in [6.45, 7) is 0.741. The van der Waals surface area contributed by atoms with Crippen molar-refractivity contribution in [1.29, 1.82) is 0 Å². The maximum absolute atomic E-state index is 12.7. The van der Waals surface area contributed by atoms with Gasteiger partial charge in [-0.1, -0.05) is 12.1 Å². The summed E-state index contributed by atoms with van der Waals surface area (Å²) >= 11 is 1.22. The number of nitrogens with one attached hydrogen (secondary N) is 1. The molecule has 0 saturated heterocycles. The van der Waals surface area contributed by atoms with Crippen molar-refractivity contribution in [3.8, 4) is 0 Å². The van der Waals surface area contributed by atoms with Crippen LogP contribution in [0.4, 0.5) is 5.69 Å². The highest BCUT2D eigenvalue weighted by molar-refractivity contribution is 7.91. The van der Waals surface area contributed by atoms with Crippen LogP contribution in [0.15, 0.2) is 62.7 Å². The summed E-state index contributed by atoms with van der Waals surface area (Å²) in [5.41, 5.74) is 2.60. The lowest BCUT2D eigenvalue weighted by Gasteiger charge is -2.28. The van der Waals surface area contributed by atoms with Crippen molar-refractivity contribution in [3.63, 3.8) is 0 Å². The zero-order valence-corrected chi connectivity index (χ0v) is 15.3. The number of furan rings is 1. The van der Waals surface area contributed by atoms with Gasteiger partial charge in [0.15, 0.2) is 5.76 Å². The van der Waals surface area contributed by atoms with Gasteiger partial charge in [0, 0.05) is 18.8 Å². The van der Waals surface area contributed by atoms with E-state index >= 15 is 0 Å². The molecule has 0 atom stereocenters. The number of rotatable bonds is 4. The highest BCUT2D eigenvalue weighted by atomic mass is 32.2. The number of hydrogen-bond acceptors (Lipinski definition) is 5. The van der Waals surface area contributed by atoms with Crippen LogP contribution in [0.25, 0.3) is 0 Å². The van der Waals surface area contributed by atoms with E-state index in [0.717, 1.165) is 11.1 Å². The number of hydrogen-bond donors (Lipinski definition) is 1. The normalized spacial score (nSPS) is 14.8. The quantitative estimate of drug-likeness (QED) is 0.743. The lowest BCUT2D eigenvalue weighted by Crippen LogP contribution is -2.35. The van der Waals surface area contributed by atoms with Crippen LogP contribution >= 0.6 is 11.3 Å². The Kier molecular flexibility index (Phi) is 4.39. The van der Waals surface area contributed by atoms with Crippen molar-refractivity contribution in [2.75, 3.05) is 11.9 Å². The molecule has 0 aliphatic carbocycles. The molecule has 26 heavy (non-hydrogen) atoms. The number of fused-ring (bicyclic) bond motifs is 1. The lowest BCUT2D eigenvalue weighted by molar-refractivity contribution is 0.0996. The molecule has 6 nitrogen and oxygen atoms in total.